The van der Waals surface area contributed by atoms with E-state index in [1.165, 1.54) is 12.6 Å². The third-order valence-electron chi connectivity index (χ3n) is 5.74. The molecule has 2 aromatic rings. The van der Waals surface area contributed by atoms with Crippen molar-refractivity contribution in [3.05, 3.63) is 41.5 Å². The van der Waals surface area contributed by atoms with E-state index in [0.29, 0.717) is 69.3 Å². The number of aryl methyl sites for hydroxylation is 2. The van der Waals surface area contributed by atoms with Crippen molar-refractivity contribution in [1.29, 1.82) is 0 Å². The van der Waals surface area contributed by atoms with Gasteiger partial charge in [0.15, 0.2) is 17.4 Å². The lowest BCUT2D eigenvalue weighted by molar-refractivity contribution is -0.112. The Morgan fingerprint density at radius 2 is 2.07 bits per heavy atom. The highest BCUT2D eigenvalue weighted by atomic mass is 19.1. The van der Waals surface area contributed by atoms with Crippen LogP contribution in [-0.2, 0) is 11.2 Å². The minimum absolute atomic E-state index is 0.0953. The first-order chi connectivity index (χ1) is 13.5. The summed E-state index contributed by atoms with van der Waals surface area (Å²) in [5, 5.41) is 0. The normalized spacial score (nSPS) is 19.2. The van der Waals surface area contributed by atoms with Crippen LogP contribution in [0.2, 0.25) is 0 Å². The summed E-state index contributed by atoms with van der Waals surface area (Å²) in [6.45, 7) is 6.55. The summed E-state index contributed by atoms with van der Waals surface area (Å²) in [7, 11) is 0. The Balaban J connectivity index is 1.45. The van der Waals surface area contributed by atoms with Gasteiger partial charge in [-0.1, -0.05) is 6.92 Å². The molecule has 1 spiro atoms. The van der Waals surface area contributed by atoms with Gasteiger partial charge in [-0.3, -0.25) is 4.79 Å². The Morgan fingerprint density at radius 3 is 2.75 bits per heavy atom. The first-order valence-electron chi connectivity index (χ1n) is 9.74. The quantitative estimate of drug-likeness (QED) is 0.805. The minimum Gasteiger partial charge on any atom is -0.459 e. The van der Waals surface area contributed by atoms with Crippen molar-refractivity contribution in [2.45, 2.75) is 38.7 Å². The van der Waals surface area contributed by atoms with Crippen molar-refractivity contribution < 1.29 is 18.3 Å². The Bertz CT molecular complexity index is 861. The Morgan fingerprint density at radius 1 is 1.29 bits per heavy atom. The molecule has 4 rings (SSSR count). The van der Waals surface area contributed by atoms with Gasteiger partial charge in [0, 0.05) is 25.2 Å². The van der Waals surface area contributed by atoms with Gasteiger partial charge in [-0.15, -0.1) is 0 Å². The fourth-order valence-corrected chi connectivity index (χ4v) is 4.04. The molecule has 1 amide bonds. The van der Waals surface area contributed by atoms with Gasteiger partial charge in [-0.05, 0) is 32.3 Å². The van der Waals surface area contributed by atoms with Crippen molar-refractivity contribution in [1.82, 2.24) is 14.9 Å². The smallest absolute Gasteiger partial charge is 0.290 e. The van der Waals surface area contributed by atoms with Gasteiger partial charge in [-0.25, -0.2) is 14.4 Å². The summed E-state index contributed by atoms with van der Waals surface area (Å²) in [6, 6.07) is 1.79. The second kappa shape index (κ2) is 7.50. The number of carbonyl (C=O) groups excluding carboxylic acids is 1. The summed E-state index contributed by atoms with van der Waals surface area (Å²) < 4.78 is 26.1. The van der Waals surface area contributed by atoms with Crippen LogP contribution in [0.1, 0.15) is 41.6 Å². The summed E-state index contributed by atoms with van der Waals surface area (Å²) >= 11 is 0. The number of halogens is 1. The van der Waals surface area contributed by atoms with E-state index in [0.717, 1.165) is 5.56 Å². The van der Waals surface area contributed by atoms with Crippen molar-refractivity contribution in [2.24, 2.45) is 0 Å². The molecular formula is C20H25FN4O3. The second-order valence-corrected chi connectivity index (χ2v) is 7.49. The SMILES string of the molecule is CCc1ncnc(N2CCC3(CC2)CN(C(=O)c2occc2C)CCO3)c1F. The number of hydrogen-bond acceptors (Lipinski definition) is 6. The fraction of sp³-hybridized carbons (Fsp3) is 0.550. The van der Waals surface area contributed by atoms with E-state index in [4.69, 9.17) is 9.15 Å². The zero-order valence-corrected chi connectivity index (χ0v) is 16.3. The van der Waals surface area contributed by atoms with Crippen molar-refractivity contribution >= 4 is 11.7 Å². The zero-order valence-electron chi connectivity index (χ0n) is 16.3. The number of amides is 1. The summed E-state index contributed by atoms with van der Waals surface area (Å²) in [5.41, 5.74) is 0.873. The molecule has 0 unspecified atom stereocenters. The number of ether oxygens (including phenoxy) is 1. The van der Waals surface area contributed by atoms with E-state index in [-0.39, 0.29) is 11.7 Å². The number of piperidine rings is 1. The molecule has 7 nitrogen and oxygen atoms in total. The lowest BCUT2D eigenvalue weighted by Crippen LogP contribution is -2.58. The van der Waals surface area contributed by atoms with Gasteiger partial charge in [0.25, 0.3) is 5.91 Å². The average Bonchev–Trinajstić information content (AvgIpc) is 3.14. The molecule has 0 radical (unpaired) electrons. The molecule has 2 fully saturated rings. The molecular weight excluding hydrogens is 363 g/mol. The van der Waals surface area contributed by atoms with Crippen molar-refractivity contribution in [3.63, 3.8) is 0 Å². The van der Waals surface area contributed by atoms with Crippen LogP contribution in [0, 0.1) is 12.7 Å². The molecule has 0 aliphatic carbocycles. The largest absolute Gasteiger partial charge is 0.459 e. The van der Waals surface area contributed by atoms with Crippen LogP contribution in [0.15, 0.2) is 23.1 Å². The van der Waals surface area contributed by atoms with Crippen LogP contribution in [0.25, 0.3) is 0 Å². The van der Waals surface area contributed by atoms with Gasteiger partial charge in [-0.2, -0.15) is 0 Å². The van der Waals surface area contributed by atoms with Crippen LogP contribution in [0.5, 0.6) is 0 Å². The molecule has 0 N–H and O–H groups in total. The molecule has 2 saturated heterocycles. The van der Waals surface area contributed by atoms with E-state index >= 15 is 0 Å². The highest BCUT2D eigenvalue weighted by Crippen LogP contribution is 2.33. The third kappa shape index (κ3) is 3.37. The average molecular weight is 388 g/mol. The lowest BCUT2D eigenvalue weighted by Gasteiger charge is -2.47. The zero-order chi connectivity index (χ0) is 19.7. The standard InChI is InChI=1S/C20H25FN4O3/c1-3-15-16(21)18(23-13-22-15)24-7-5-20(6-8-24)12-25(9-11-28-20)19(26)17-14(2)4-10-27-17/h4,10,13H,3,5-9,11-12H2,1-2H3. The Kier molecular flexibility index (Phi) is 5.05. The first kappa shape index (κ1) is 18.9. The molecule has 2 aliphatic rings. The minimum atomic E-state index is -0.401. The number of anilines is 1. The topological polar surface area (TPSA) is 71.7 Å². The molecule has 2 aromatic heterocycles. The van der Waals surface area contributed by atoms with E-state index in [9.17, 15) is 9.18 Å². The van der Waals surface area contributed by atoms with Crippen molar-refractivity contribution in [3.8, 4) is 0 Å². The molecule has 0 saturated carbocycles. The summed E-state index contributed by atoms with van der Waals surface area (Å²) in [4.78, 5) is 24.7. The number of furan rings is 1. The number of rotatable bonds is 3. The van der Waals surface area contributed by atoms with Crippen LogP contribution in [0.3, 0.4) is 0 Å². The monoisotopic (exact) mass is 388 g/mol. The molecule has 150 valence electrons. The molecule has 0 bridgehead atoms. The van der Waals surface area contributed by atoms with Gasteiger partial charge < -0.3 is 19.0 Å². The van der Waals surface area contributed by atoms with Crippen LogP contribution < -0.4 is 4.90 Å². The van der Waals surface area contributed by atoms with Crippen LogP contribution >= 0.6 is 0 Å². The van der Waals surface area contributed by atoms with Crippen LogP contribution in [-0.4, -0.2) is 59.2 Å². The van der Waals surface area contributed by atoms with E-state index in [1.807, 2.05) is 23.6 Å². The molecule has 0 atom stereocenters. The Hall–Kier alpha value is -2.48. The predicted octanol–water partition coefficient (Wildman–Crippen LogP) is 2.59. The van der Waals surface area contributed by atoms with Crippen molar-refractivity contribution in [2.75, 3.05) is 37.7 Å². The van der Waals surface area contributed by atoms with E-state index in [2.05, 4.69) is 9.97 Å². The number of nitrogens with zero attached hydrogens (tertiary/aromatic N) is 4. The third-order valence-corrected chi connectivity index (χ3v) is 5.74. The second-order valence-electron chi connectivity index (χ2n) is 7.49. The molecule has 4 heterocycles. The molecule has 0 aromatic carbocycles. The van der Waals surface area contributed by atoms with Crippen LogP contribution in [0.4, 0.5) is 10.2 Å². The fourth-order valence-electron chi connectivity index (χ4n) is 4.04. The number of morpholine rings is 1. The van der Waals surface area contributed by atoms with Gasteiger partial charge in [0.1, 0.15) is 6.33 Å². The van der Waals surface area contributed by atoms with E-state index < -0.39 is 5.60 Å². The number of aromatic nitrogens is 2. The van der Waals surface area contributed by atoms with Gasteiger partial charge >= 0.3 is 0 Å². The number of carbonyl (C=O) groups is 1. The summed E-state index contributed by atoms with van der Waals surface area (Å²) in [5.74, 6) is 0.318. The van der Waals surface area contributed by atoms with Gasteiger partial charge in [0.2, 0.25) is 0 Å². The maximum Gasteiger partial charge on any atom is 0.290 e. The maximum absolute atomic E-state index is 14.6. The highest BCUT2D eigenvalue weighted by molar-refractivity contribution is 5.93. The van der Waals surface area contributed by atoms with Gasteiger partial charge in [0.05, 0.1) is 30.7 Å². The highest BCUT2D eigenvalue weighted by Gasteiger charge is 2.42. The van der Waals surface area contributed by atoms with E-state index in [1.54, 1.807) is 6.07 Å². The number of hydrogen-bond donors (Lipinski definition) is 0. The molecule has 2 aliphatic heterocycles. The molecule has 8 heteroatoms. The molecule has 28 heavy (non-hydrogen) atoms. The summed E-state index contributed by atoms with van der Waals surface area (Å²) in [6.07, 6.45) is 4.91. The lowest BCUT2D eigenvalue weighted by atomic mass is 9.89. The predicted molar refractivity (Wildman–Crippen MR) is 101 cm³/mol. The Labute approximate surface area is 163 Å². The maximum atomic E-state index is 14.6. The first-order valence-corrected chi connectivity index (χ1v) is 9.74.